The van der Waals surface area contributed by atoms with Crippen LogP contribution in [-0.2, 0) is 28.6 Å². The molecule has 0 aromatic rings. The van der Waals surface area contributed by atoms with E-state index in [2.05, 4.69) is 69.4 Å². The van der Waals surface area contributed by atoms with Gasteiger partial charge in [-0.3, -0.25) is 14.4 Å². The van der Waals surface area contributed by atoms with Crippen molar-refractivity contribution in [1.82, 2.24) is 0 Å². The number of carbonyl (C=O) groups is 3. The summed E-state index contributed by atoms with van der Waals surface area (Å²) in [5.41, 5.74) is 0. The molecule has 6 heteroatoms. The number of rotatable bonds is 53. The Labute approximate surface area is 416 Å². The van der Waals surface area contributed by atoms with E-state index in [1.165, 1.54) is 180 Å². The lowest BCUT2D eigenvalue weighted by Gasteiger charge is -2.18. The van der Waals surface area contributed by atoms with Gasteiger partial charge < -0.3 is 14.2 Å². The van der Waals surface area contributed by atoms with Gasteiger partial charge in [0.05, 0.1) is 0 Å². The number of allylic oxidation sites excluding steroid dienone is 8. The summed E-state index contributed by atoms with van der Waals surface area (Å²) in [5, 5.41) is 0. The molecule has 0 aromatic carbocycles. The molecule has 6 nitrogen and oxygen atoms in total. The molecule has 0 aliphatic heterocycles. The zero-order valence-electron chi connectivity index (χ0n) is 44.7. The van der Waals surface area contributed by atoms with Gasteiger partial charge in [0.15, 0.2) is 6.10 Å². The highest BCUT2D eigenvalue weighted by Crippen LogP contribution is 2.16. The first kappa shape index (κ1) is 64.4. The number of hydrogen-bond donors (Lipinski definition) is 0. The second kappa shape index (κ2) is 56.0. The van der Waals surface area contributed by atoms with Gasteiger partial charge in [0.1, 0.15) is 13.2 Å². The van der Waals surface area contributed by atoms with Crippen molar-refractivity contribution < 1.29 is 28.6 Å². The minimum atomic E-state index is -0.776. The van der Waals surface area contributed by atoms with Crippen LogP contribution in [0.1, 0.15) is 303 Å². The summed E-state index contributed by atoms with van der Waals surface area (Å²) in [6.45, 7) is 6.56. The molecule has 67 heavy (non-hydrogen) atoms. The van der Waals surface area contributed by atoms with Crippen molar-refractivity contribution in [2.75, 3.05) is 13.2 Å². The highest BCUT2D eigenvalue weighted by molar-refractivity contribution is 5.71. The Hall–Kier alpha value is -2.63. The quantitative estimate of drug-likeness (QED) is 0.0262. The molecule has 390 valence electrons. The maximum absolute atomic E-state index is 12.8. The third kappa shape index (κ3) is 54.2. The SMILES string of the molecule is CCCCCCC/C=C\C/C=C\C/C=C\CCCCCCCCC(=O)OC(COC(=O)CCCCCCC)COC(=O)CCCCCCCCCCCCC/C=C\CCCCCCCCCC. The number of ether oxygens (including phenoxy) is 3. The minimum absolute atomic E-state index is 0.0776. The lowest BCUT2D eigenvalue weighted by atomic mass is 10.0. The summed E-state index contributed by atoms with van der Waals surface area (Å²) in [5.74, 6) is -0.894. The molecular weight excluding hydrogens is 829 g/mol. The van der Waals surface area contributed by atoms with Crippen LogP contribution in [0.15, 0.2) is 48.6 Å². The van der Waals surface area contributed by atoms with Gasteiger partial charge >= 0.3 is 17.9 Å². The second-order valence-electron chi connectivity index (χ2n) is 19.6. The lowest BCUT2D eigenvalue weighted by molar-refractivity contribution is -0.167. The first-order valence-corrected chi connectivity index (χ1v) is 29.1. The molecule has 0 radical (unpaired) electrons. The van der Waals surface area contributed by atoms with Crippen LogP contribution in [0, 0.1) is 0 Å². The van der Waals surface area contributed by atoms with E-state index in [0.29, 0.717) is 19.3 Å². The van der Waals surface area contributed by atoms with Crippen LogP contribution < -0.4 is 0 Å². The Morgan fingerprint density at radius 2 is 0.537 bits per heavy atom. The van der Waals surface area contributed by atoms with Gasteiger partial charge in [0, 0.05) is 19.3 Å². The second-order valence-corrected chi connectivity index (χ2v) is 19.6. The summed E-state index contributed by atoms with van der Waals surface area (Å²) in [4.78, 5) is 37.8. The Morgan fingerprint density at radius 1 is 0.299 bits per heavy atom. The monoisotopic (exact) mass is 939 g/mol. The predicted molar refractivity (Wildman–Crippen MR) is 289 cm³/mol. The molecule has 0 saturated heterocycles. The van der Waals surface area contributed by atoms with E-state index < -0.39 is 6.10 Å². The molecule has 0 rings (SSSR count). The van der Waals surface area contributed by atoms with Crippen molar-refractivity contribution in [3.63, 3.8) is 0 Å². The summed E-state index contributed by atoms with van der Waals surface area (Å²) >= 11 is 0. The molecule has 0 heterocycles. The zero-order valence-corrected chi connectivity index (χ0v) is 44.7. The van der Waals surface area contributed by atoms with Crippen molar-refractivity contribution in [2.24, 2.45) is 0 Å². The van der Waals surface area contributed by atoms with Gasteiger partial charge in [-0.15, -0.1) is 0 Å². The van der Waals surface area contributed by atoms with E-state index in [0.717, 1.165) is 83.5 Å². The number of carbonyl (C=O) groups excluding carboxylic acids is 3. The molecule has 0 spiro atoms. The highest BCUT2D eigenvalue weighted by Gasteiger charge is 2.19. The van der Waals surface area contributed by atoms with E-state index in [9.17, 15) is 14.4 Å². The molecule has 0 bridgehead atoms. The van der Waals surface area contributed by atoms with E-state index in [1.807, 2.05) is 0 Å². The highest BCUT2D eigenvalue weighted by atomic mass is 16.6. The van der Waals surface area contributed by atoms with Gasteiger partial charge in [-0.2, -0.15) is 0 Å². The average molecular weight is 940 g/mol. The molecule has 0 aliphatic carbocycles. The van der Waals surface area contributed by atoms with Gasteiger partial charge in [0.2, 0.25) is 0 Å². The maximum Gasteiger partial charge on any atom is 0.306 e. The number of unbranched alkanes of at least 4 members (excludes halogenated alkanes) is 34. The van der Waals surface area contributed by atoms with Gasteiger partial charge in [-0.25, -0.2) is 0 Å². The third-order valence-electron chi connectivity index (χ3n) is 12.8. The van der Waals surface area contributed by atoms with Gasteiger partial charge in [-0.05, 0) is 83.5 Å². The van der Waals surface area contributed by atoms with Crippen LogP contribution in [0.5, 0.6) is 0 Å². The van der Waals surface area contributed by atoms with Crippen LogP contribution in [0.25, 0.3) is 0 Å². The fourth-order valence-corrected chi connectivity index (χ4v) is 8.39. The zero-order chi connectivity index (χ0) is 48.6. The lowest BCUT2D eigenvalue weighted by Crippen LogP contribution is -2.30. The number of hydrogen-bond acceptors (Lipinski definition) is 6. The van der Waals surface area contributed by atoms with Crippen LogP contribution in [0.2, 0.25) is 0 Å². The van der Waals surface area contributed by atoms with Crippen LogP contribution >= 0.6 is 0 Å². The average Bonchev–Trinajstić information content (AvgIpc) is 3.33. The molecule has 0 fully saturated rings. The Bertz CT molecular complexity index is 1170. The van der Waals surface area contributed by atoms with E-state index in [-0.39, 0.29) is 31.1 Å². The van der Waals surface area contributed by atoms with Crippen molar-refractivity contribution >= 4 is 17.9 Å². The largest absolute Gasteiger partial charge is 0.462 e. The van der Waals surface area contributed by atoms with Gasteiger partial charge in [0.25, 0.3) is 0 Å². The molecule has 1 atom stereocenters. The van der Waals surface area contributed by atoms with Crippen LogP contribution in [0.4, 0.5) is 0 Å². The van der Waals surface area contributed by atoms with Crippen molar-refractivity contribution in [3.8, 4) is 0 Å². The van der Waals surface area contributed by atoms with E-state index in [1.54, 1.807) is 0 Å². The molecule has 0 N–H and O–H groups in total. The summed E-state index contributed by atoms with van der Waals surface area (Å²) in [6, 6.07) is 0. The predicted octanol–water partition coefficient (Wildman–Crippen LogP) is 19.4. The topological polar surface area (TPSA) is 78.9 Å². The normalized spacial score (nSPS) is 12.3. The van der Waals surface area contributed by atoms with Gasteiger partial charge in [-0.1, -0.05) is 249 Å². The minimum Gasteiger partial charge on any atom is -0.462 e. The Kier molecular flexibility index (Phi) is 53.8. The smallest absolute Gasteiger partial charge is 0.306 e. The molecule has 0 aliphatic rings. The first-order chi connectivity index (χ1) is 33.0. The molecule has 0 amide bonds. The fourth-order valence-electron chi connectivity index (χ4n) is 8.39. The summed E-state index contributed by atoms with van der Waals surface area (Å²) < 4.78 is 16.7. The van der Waals surface area contributed by atoms with Crippen molar-refractivity contribution in [1.29, 1.82) is 0 Å². The standard InChI is InChI=1S/C61H110O6/c1-4-7-10-13-15-17-19-21-23-25-27-29-30-32-33-35-37-39-41-43-45-48-51-54-60(63)66-57-58(56-65-59(62)53-50-47-12-9-6-3)67-61(64)55-52-49-46-44-42-40-38-36-34-31-28-26-24-22-20-18-16-14-11-8-5-2/h20,22,25-28,34,36,58H,4-19,21,23-24,29-33,35,37-57H2,1-3H3/b22-20-,27-25-,28-26-,36-34-. The summed E-state index contributed by atoms with van der Waals surface area (Å²) in [7, 11) is 0. The number of esters is 3. The van der Waals surface area contributed by atoms with Crippen molar-refractivity contribution in [2.45, 2.75) is 309 Å². The summed E-state index contributed by atoms with van der Waals surface area (Å²) in [6.07, 6.45) is 68.6. The van der Waals surface area contributed by atoms with Crippen LogP contribution in [0.3, 0.4) is 0 Å². The van der Waals surface area contributed by atoms with E-state index >= 15 is 0 Å². The molecule has 1 unspecified atom stereocenters. The van der Waals surface area contributed by atoms with Crippen LogP contribution in [-0.4, -0.2) is 37.2 Å². The molecule has 0 saturated carbocycles. The fraction of sp³-hybridized carbons (Fsp3) is 0.820. The molecule has 0 aromatic heterocycles. The van der Waals surface area contributed by atoms with Crippen molar-refractivity contribution in [3.05, 3.63) is 48.6 Å². The third-order valence-corrected chi connectivity index (χ3v) is 12.8. The Balaban J connectivity index is 4.10. The Morgan fingerprint density at radius 3 is 0.851 bits per heavy atom. The maximum atomic E-state index is 12.8. The molecular formula is C61H110O6. The van der Waals surface area contributed by atoms with E-state index in [4.69, 9.17) is 14.2 Å². The first-order valence-electron chi connectivity index (χ1n) is 29.1.